The van der Waals surface area contributed by atoms with Crippen LogP contribution in [0.3, 0.4) is 0 Å². The van der Waals surface area contributed by atoms with E-state index in [1.54, 1.807) is 16.9 Å². The van der Waals surface area contributed by atoms with Crippen molar-refractivity contribution in [3.8, 4) is 5.75 Å². The smallest absolute Gasteiger partial charge is 0.268 e. The number of methoxy groups -OCH3 is 1. The van der Waals surface area contributed by atoms with E-state index in [0.29, 0.717) is 29.2 Å². The van der Waals surface area contributed by atoms with Gasteiger partial charge in [-0.15, -0.1) is 0 Å². The number of H-pyrrole nitrogens is 1. The van der Waals surface area contributed by atoms with Crippen LogP contribution in [0, 0.1) is 5.92 Å². The summed E-state index contributed by atoms with van der Waals surface area (Å²) in [6.45, 7) is 7.18. The molecule has 3 aliphatic heterocycles. The zero-order valence-corrected chi connectivity index (χ0v) is 32.7. The van der Waals surface area contributed by atoms with E-state index in [-0.39, 0.29) is 54.7 Å². The summed E-state index contributed by atoms with van der Waals surface area (Å²) < 4.78 is 12.8. The number of carbonyl (C=O) groups is 3. The van der Waals surface area contributed by atoms with Gasteiger partial charge in [-0.3, -0.25) is 19.3 Å². The van der Waals surface area contributed by atoms with Crippen molar-refractivity contribution in [2.75, 3.05) is 30.5 Å². The molecule has 5 aromatic rings. The lowest BCUT2D eigenvalue weighted by Crippen LogP contribution is -2.52. The fraction of sp³-hybridized carbons (Fsp3) is 0.341. The lowest BCUT2D eigenvalue weighted by molar-refractivity contribution is -0.149. The molecule has 8 rings (SSSR count). The second kappa shape index (κ2) is 14.4. The molecule has 0 aliphatic carbocycles. The Labute approximate surface area is 322 Å². The van der Waals surface area contributed by atoms with E-state index in [1.807, 2.05) is 91.1 Å². The van der Waals surface area contributed by atoms with Gasteiger partial charge in [0.1, 0.15) is 5.75 Å². The molecule has 2 fully saturated rings. The standard InChI is InChI=1S/C44H48N4O6Si/c1-28-42(55(3,4)34-19-17-33(53-2)18-20-34)39(25-41(51)47-22-10-13-32(47)27-49)54-44(28)36-24-30(16-21-38(36)48(43(44)52)31-11-6-5-7-12-31)46-40(50)23-29-26-45-37-15-9-8-14-35(29)37/h5-9,11-12,14-21,24,26,28,32,39,42,45,49H,10,13,22-23,25,27H2,1-4H3,(H,46,50)/t28-,32+,39+,42-,44+/m1/s1. The molecule has 11 heteroatoms. The molecule has 2 saturated heterocycles. The van der Waals surface area contributed by atoms with E-state index in [2.05, 4.69) is 42.5 Å². The molecule has 4 heterocycles. The third-order valence-corrected chi connectivity index (χ3v) is 16.7. The topological polar surface area (TPSA) is 124 Å². The minimum absolute atomic E-state index is 0.0702. The molecule has 4 aromatic carbocycles. The van der Waals surface area contributed by atoms with Crippen molar-refractivity contribution in [3.05, 3.63) is 114 Å². The zero-order chi connectivity index (χ0) is 38.5. The largest absolute Gasteiger partial charge is 0.497 e. The van der Waals surface area contributed by atoms with Gasteiger partial charge in [0.15, 0.2) is 5.60 Å². The molecular weight excluding hydrogens is 709 g/mol. The fourth-order valence-electron chi connectivity index (χ4n) is 9.65. The quantitative estimate of drug-likeness (QED) is 0.138. The number of likely N-dealkylation sites (tertiary alicyclic amines) is 1. The van der Waals surface area contributed by atoms with Crippen molar-refractivity contribution in [1.29, 1.82) is 0 Å². The van der Waals surface area contributed by atoms with E-state index in [1.165, 1.54) is 5.19 Å². The van der Waals surface area contributed by atoms with Gasteiger partial charge in [-0.1, -0.05) is 73.7 Å². The second-order valence-electron chi connectivity index (χ2n) is 15.7. The Morgan fingerprint density at radius 2 is 1.76 bits per heavy atom. The molecule has 0 unspecified atom stereocenters. The number of nitrogens with zero attached hydrogens (tertiary/aromatic N) is 2. The number of aliphatic hydroxyl groups is 1. The first kappa shape index (κ1) is 36.7. The summed E-state index contributed by atoms with van der Waals surface area (Å²) in [4.78, 5) is 49.8. The number of amides is 3. The number of aromatic amines is 1. The maximum Gasteiger partial charge on any atom is 0.268 e. The number of rotatable bonds is 10. The molecular formula is C44H48N4O6Si. The minimum Gasteiger partial charge on any atom is -0.497 e. The van der Waals surface area contributed by atoms with Gasteiger partial charge in [0.25, 0.3) is 5.91 Å². The number of hydrogen-bond donors (Lipinski definition) is 3. The monoisotopic (exact) mass is 756 g/mol. The number of benzene rings is 4. The maximum absolute atomic E-state index is 15.3. The molecule has 3 amide bonds. The Hall–Kier alpha value is -5.23. The molecule has 0 bridgehead atoms. The Kier molecular flexibility index (Phi) is 9.65. The number of aliphatic hydroxyl groups excluding tert-OH is 1. The lowest BCUT2D eigenvalue weighted by atomic mass is 9.82. The van der Waals surface area contributed by atoms with Gasteiger partial charge in [-0.05, 0) is 72.5 Å². The predicted octanol–water partition coefficient (Wildman–Crippen LogP) is 6.63. The summed E-state index contributed by atoms with van der Waals surface area (Å²) in [6, 6.07) is 31.0. The molecule has 5 atom stereocenters. The first-order valence-electron chi connectivity index (χ1n) is 19.2. The van der Waals surface area contributed by atoms with Crippen molar-refractivity contribution >= 4 is 58.9 Å². The number of carbonyl (C=O) groups excluding carboxylic acids is 3. The summed E-state index contributed by atoms with van der Waals surface area (Å²) in [5, 5.41) is 15.4. The number of aromatic nitrogens is 1. The van der Waals surface area contributed by atoms with Crippen LogP contribution in [0.5, 0.6) is 5.75 Å². The van der Waals surface area contributed by atoms with Crippen molar-refractivity contribution in [2.45, 2.75) is 69.0 Å². The van der Waals surface area contributed by atoms with Crippen LogP contribution in [0.1, 0.15) is 37.3 Å². The van der Waals surface area contributed by atoms with Crippen LogP contribution in [-0.4, -0.2) is 73.2 Å². The minimum atomic E-state index is -2.53. The Bertz CT molecular complexity index is 2240. The maximum atomic E-state index is 15.3. The van der Waals surface area contributed by atoms with Crippen LogP contribution >= 0.6 is 0 Å². The van der Waals surface area contributed by atoms with Gasteiger partial charge in [0, 0.05) is 46.5 Å². The molecule has 1 aromatic heterocycles. The van der Waals surface area contributed by atoms with E-state index < -0.39 is 19.8 Å². The van der Waals surface area contributed by atoms with Gasteiger partial charge in [-0.2, -0.15) is 0 Å². The zero-order valence-electron chi connectivity index (χ0n) is 31.7. The predicted molar refractivity (Wildman–Crippen MR) is 217 cm³/mol. The van der Waals surface area contributed by atoms with E-state index >= 15 is 4.79 Å². The van der Waals surface area contributed by atoms with Crippen molar-refractivity contribution in [1.82, 2.24) is 9.88 Å². The summed E-state index contributed by atoms with van der Waals surface area (Å²) in [6.07, 6.45) is 3.15. The molecule has 3 N–H and O–H groups in total. The van der Waals surface area contributed by atoms with Crippen LogP contribution < -0.4 is 20.1 Å². The van der Waals surface area contributed by atoms with E-state index in [0.717, 1.165) is 35.1 Å². The van der Waals surface area contributed by atoms with Gasteiger partial charge < -0.3 is 29.8 Å². The Morgan fingerprint density at radius 1 is 1.02 bits per heavy atom. The molecule has 3 aliphatic rings. The van der Waals surface area contributed by atoms with Crippen molar-refractivity contribution < 1.29 is 29.0 Å². The van der Waals surface area contributed by atoms with Crippen LogP contribution in [0.25, 0.3) is 10.9 Å². The number of fused-ring (bicyclic) bond motifs is 3. The summed E-state index contributed by atoms with van der Waals surface area (Å²) >= 11 is 0. The first-order chi connectivity index (χ1) is 26.6. The Morgan fingerprint density at radius 3 is 2.51 bits per heavy atom. The van der Waals surface area contributed by atoms with E-state index in [9.17, 15) is 14.7 Å². The van der Waals surface area contributed by atoms with Crippen LogP contribution in [-0.2, 0) is 31.1 Å². The van der Waals surface area contributed by atoms with Crippen molar-refractivity contribution in [2.24, 2.45) is 5.92 Å². The normalized spacial score (nSPS) is 23.5. The third kappa shape index (κ3) is 6.24. The average molecular weight is 757 g/mol. The molecule has 0 saturated carbocycles. The summed E-state index contributed by atoms with van der Waals surface area (Å²) in [7, 11) is -0.881. The second-order valence-corrected chi connectivity index (χ2v) is 20.4. The number of anilines is 3. The molecule has 0 radical (unpaired) electrons. The van der Waals surface area contributed by atoms with Gasteiger partial charge >= 0.3 is 0 Å². The first-order valence-corrected chi connectivity index (χ1v) is 22.3. The SMILES string of the molecule is COc1ccc([Si](C)(C)[C@H]2[C@H](CC(=O)N3CCC[C@H]3CO)O[C@@]3(C(=O)N(c4ccccc4)c4ccc(NC(=O)Cc5c[nH]c6ccccc56)cc43)[C@@H]2C)cc1. The molecule has 10 nitrogen and oxygen atoms in total. The number of nitrogens with one attached hydrogen (secondary N) is 2. The highest BCUT2D eigenvalue weighted by Gasteiger charge is 2.67. The highest BCUT2D eigenvalue weighted by Crippen LogP contribution is 2.61. The molecule has 55 heavy (non-hydrogen) atoms. The van der Waals surface area contributed by atoms with Gasteiger partial charge in [0.05, 0.1) is 52.5 Å². The van der Waals surface area contributed by atoms with Crippen LogP contribution in [0.2, 0.25) is 18.6 Å². The third-order valence-electron chi connectivity index (χ3n) is 12.4. The molecule has 1 spiro atoms. The number of ether oxygens (including phenoxy) is 2. The Balaban J connectivity index is 1.21. The highest BCUT2D eigenvalue weighted by molar-refractivity contribution is 6.91. The van der Waals surface area contributed by atoms with E-state index in [4.69, 9.17) is 9.47 Å². The van der Waals surface area contributed by atoms with Crippen LogP contribution in [0.4, 0.5) is 17.1 Å². The molecule has 284 valence electrons. The van der Waals surface area contributed by atoms with Crippen LogP contribution in [0.15, 0.2) is 103 Å². The fourth-order valence-corrected chi connectivity index (χ4v) is 13.7. The lowest BCUT2D eigenvalue weighted by Gasteiger charge is -2.37. The number of hydrogen-bond acceptors (Lipinski definition) is 6. The van der Waals surface area contributed by atoms with Gasteiger partial charge in [-0.25, -0.2) is 0 Å². The highest BCUT2D eigenvalue weighted by atomic mass is 28.3. The summed E-state index contributed by atoms with van der Waals surface area (Å²) in [5.74, 6) is -0.0500. The average Bonchev–Trinajstić information content (AvgIpc) is 3.96. The summed E-state index contributed by atoms with van der Waals surface area (Å²) in [5.41, 5.74) is 2.90. The number of para-hydroxylation sites is 2. The van der Waals surface area contributed by atoms with Gasteiger partial charge in [0.2, 0.25) is 11.8 Å². The van der Waals surface area contributed by atoms with Crippen molar-refractivity contribution in [3.63, 3.8) is 0 Å².